The largest absolute Gasteiger partial charge is 0.479 e. The van der Waals surface area contributed by atoms with E-state index in [1.165, 1.54) is 0 Å². The SMILES string of the molecule is O=C(O)C(COP(=O)(O)O)OP(=O)(O)O.O=C(O)C(COP(=O)(O)O)OP(=O)(O)O. The highest BCUT2D eigenvalue weighted by Crippen LogP contribution is 2.41. The first-order chi connectivity index (χ1) is 13.0. The molecule has 0 aliphatic rings. The number of aliphatic carboxylic acids is 2. The minimum absolute atomic E-state index is 1.19. The minimum Gasteiger partial charge on any atom is -0.479 e. The molecule has 0 saturated carbocycles. The van der Waals surface area contributed by atoms with Gasteiger partial charge in [0.15, 0.2) is 12.2 Å². The lowest BCUT2D eigenvalue weighted by atomic mass is 10.4. The lowest BCUT2D eigenvalue weighted by Crippen LogP contribution is -2.27. The lowest BCUT2D eigenvalue weighted by Gasteiger charge is -2.14. The van der Waals surface area contributed by atoms with Gasteiger partial charge in [0.25, 0.3) is 0 Å². The number of carbonyl (C=O) groups is 2. The molecular formula is C6H16O20P4. The number of phosphoric acid groups is 4. The fourth-order valence-electron chi connectivity index (χ4n) is 0.955. The average Bonchev–Trinajstić information content (AvgIpc) is 2.44. The maximum atomic E-state index is 10.3. The Kier molecular flexibility index (Phi) is 13.1. The van der Waals surface area contributed by atoms with Crippen molar-refractivity contribution in [3.05, 3.63) is 0 Å². The molecule has 0 aliphatic carbocycles. The molecular weight excluding hydrogens is 516 g/mol. The van der Waals surface area contributed by atoms with Crippen molar-refractivity contribution < 1.29 is 95.3 Å². The van der Waals surface area contributed by atoms with E-state index in [0.717, 1.165) is 0 Å². The first kappa shape index (κ1) is 31.6. The van der Waals surface area contributed by atoms with Crippen LogP contribution in [0.25, 0.3) is 0 Å². The van der Waals surface area contributed by atoms with E-state index in [1.807, 2.05) is 0 Å². The van der Waals surface area contributed by atoms with E-state index in [-0.39, 0.29) is 0 Å². The molecule has 0 radical (unpaired) electrons. The predicted molar refractivity (Wildman–Crippen MR) is 85.1 cm³/mol. The average molecular weight is 532 g/mol. The maximum Gasteiger partial charge on any atom is 0.470 e. The number of hydrogen-bond donors (Lipinski definition) is 10. The van der Waals surface area contributed by atoms with Gasteiger partial charge in [0.2, 0.25) is 0 Å². The van der Waals surface area contributed by atoms with Crippen LogP contribution in [-0.4, -0.2) is 86.7 Å². The minimum atomic E-state index is -5.07. The molecule has 0 aromatic rings. The Bertz CT molecular complexity index is 685. The maximum absolute atomic E-state index is 10.3. The summed E-state index contributed by atoms with van der Waals surface area (Å²) in [4.78, 5) is 86.3. The Morgan fingerprint density at radius 2 is 0.800 bits per heavy atom. The Labute approximate surface area is 164 Å². The van der Waals surface area contributed by atoms with Gasteiger partial charge in [-0.1, -0.05) is 0 Å². The van der Waals surface area contributed by atoms with Crippen LogP contribution in [0.4, 0.5) is 0 Å². The van der Waals surface area contributed by atoms with Crippen LogP contribution in [0.15, 0.2) is 0 Å². The molecule has 0 bridgehead atoms. The molecule has 0 heterocycles. The topological polar surface area (TPSA) is 342 Å². The van der Waals surface area contributed by atoms with Gasteiger partial charge in [0.1, 0.15) is 0 Å². The molecule has 0 spiro atoms. The van der Waals surface area contributed by atoms with Crippen molar-refractivity contribution in [2.24, 2.45) is 0 Å². The summed E-state index contributed by atoms with van der Waals surface area (Å²) in [5, 5.41) is 16.7. The van der Waals surface area contributed by atoms with Gasteiger partial charge in [-0.3, -0.25) is 18.1 Å². The number of carboxylic acid groups (broad SMARTS) is 2. The molecule has 0 aromatic carbocycles. The van der Waals surface area contributed by atoms with E-state index >= 15 is 0 Å². The van der Waals surface area contributed by atoms with Crippen molar-refractivity contribution in [3.8, 4) is 0 Å². The van der Waals surface area contributed by atoms with Gasteiger partial charge in [-0.05, 0) is 0 Å². The van der Waals surface area contributed by atoms with Crippen LogP contribution in [0.1, 0.15) is 0 Å². The van der Waals surface area contributed by atoms with Crippen molar-refractivity contribution in [3.63, 3.8) is 0 Å². The van der Waals surface area contributed by atoms with E-state index in [4.69, 9.17) is 49.4 Å². The van der Waals surface area contributed by atoms with Crippen LogP contribution in [0.5, 0.6) is 0 Å². The third-order valence-corrected chi connectivity index (χ3v) is 3.90. The molecule has 0 aromatic heterocycles. The smallest absolute Gasteiger partial charge is 0.470 e. The Balaban J connectivity index is 0. The van der Waals surface area contributed by atoms with Crippen LogP contribution in [-0.2, 0) is 45.9 Å². The quantitative estimate of drug-likeness (QED) is 0.114. The first-order valence-corrected chi connectivity index (χ1v) is 12.5. The van der Waals surface area contributed by atoms with Gasteiger partial charge in [0, 0.05) is 0 Å². The molecule has 10 N–H and O–H groups in total. The molecule has 180 valence electrons. The summed E-state index contributed by atoms with van der Waals surface area (Å²) in [5.74, 6) is -3.65. The number of rotatable bonds is 12. The lowest BCUT2D eigenvalue weighted by molar-refractivity contribution is -0.148. The third-order valence-electron chi connectivity index (χ3n) is 1.87. The Morgan fingerprint density at radius 3 is 0.933 bits per heavy atom. The van der Waals surface area contributed by atoms with Crippen LogP contribution in [0, 0.1) is 0 Å². The third kappa shape index (κ3) is 22.1. The second-order valence-electron chi connectivity index (χ2n) is 4.42. The molecule has 0 amide bonds. The van der Waals surface area contributed by atoms with E-state index in [9.17, 15) is 27.8 Å². The normalized spacial score (nSPS) is 14.9. The van der Waals surface area contributed by atoms with Crippen molar-refractivity contribution in [1.82, 2.24) is 0 Å². The Hall–Kier alpha value is -0.620. The summed E-state index contributed by atoms with van der Waals surface area (Å²) in [5.41, 5.74) is 0. The molecule has 0 fully saturated rings. The molecule has 30 heavy (non-hydrogen) atoms. The van der Waals surface area contributed by atoms with Gasteiger partial charge in [-0.2, -0.15) is 0 Å². The first-order valence-electron chi connectivity index (χ1n) is 6.36. The van der Waals surface area contributed by atoms with Gasteiger partial charge >= 0.3 is 43.2 Å². The Morgan fingerprint density at radius 1 is 0.567 bits per heavy atom. The van der Waals surface area contributed by atoms with Crippen LogP contribution in [0.2, 0.25) is 0 Å². The van der Waals surface area contributed by atoms with E-state index in [1.54, 1.807) is 0 Å². The summed E-state index contributed by atoms with van der Waals surface area (Å²) in [6.45, 7) is -2.38. The molecule has 2 atom stereocenters. The zero-order valence-electron chi connectivity index (χ0n) is 13.9. The van der Waals surface area contributed by atoms with E-state index < -0.39 is 68.7 Å². The fraction of sp³-hybridized carbons (Fsp3) is 0.667. The van der Waals surface area contributed by atoms with Crippen LogP contribution >= 0.6 is 31.3 Å². The number of carboxylic acids is 2. The fourth-order valence-corrected chi connectivity index (χ4v) is 2.58. The summed E-state index contributed by atoms with van der Waals surface area (Å²) < 4.78 is 55.6. The van der Waals surface area contributed by atoms with Gasteiger partial charge in [0.05, 0.1) is 13.2 Å². The molecule has 20 nitrogen and oxygen atoms in total. The van der Waals surface area contributed by atoms with Crippen molar-refractivity contribution in [2.45, 2.75) is 12.2 Å². The summed E-state index contributed by atoms with van der Waals surface area (Å²) >= 11 is 0. The van der Waals surface area contributed by atoms with Crippen LogP contribution < -0.4 is 0 Å². The summed E-state index contributed by atoms with van der Waals surface area (Å²) in [7, 11) is -20.0. The summed E-state index contributed by atoms with van der Waals surface area (Å²) in [6, 6.07) is 0. The van der Waals surface area contributed by atoms with Crippen molar-refractivity contribution in [2.75, 3.05) is 13.2 Å². The van der Waals surface area contributed by atoms with E-state index in [2.05, 4.69) is 18.1 Å². The molecule has 0 saturated heterocycles. The molecule has 0 aliphatic heterocycles. The molecule has 0 rings (SSSR count). The van der Waals surface area contributed by atoms with E-state index in [0.29, 0.717) is 0 Å². The molecule has 2 unspecified atom stereocenters. The standard InChI is InChI=1S/2C3H8O10P2/c2*4-3(5)2(13-15(9,10)11)1-12-14(6,7)8/h2*2H,1H2,(H,4,5)(H2,6,7,8)(H2,9,10,11). The van der Waals surface area contributed by atoms with Gasteiger partial charge < -0.3 is 49.4 Å². The van der Waals surface area contributed by atoms with Crippen molar-refractivity contribution >= 4 is 43.2 Å². The zero-order chi connectivity index (χ0) is 24.6. The second kappa shape index (κ2) is 12.4. The second-order valence-corrected chi connectivity index (χ2v) is 9.28. The summed E-state index contributed by atoms with van der Waals surface area (Å²) in [6.07, 6.45) is -4.34. The van der Waals surface area contributed by atoms with Crippen molar-refractivity contribution in [1.29, 1.82) is 0 Å². The zero-order valence-corrected chi connectivity index (χ0v) is 17.5. The number of phosphoric ester groups is 4. The molecule has 24 heteroatoms. The highest BCUT2D eigenvalue weighted by Gasteiger charge is 2.31. The predicted octanol–water partition coefficient (Wildman–Crippen LogP) is -2.68. The van der Waals surface area contributed by atoms with Gasteiger partial charge in [-0.25, -0.2) is 27.8 Å². The highest BCUT2D eigenvalue weighted by atomic mass is 31.2. The number of hydrogen-bond acceptors (Lipinski definition) is 10. The monoisotopic (exact) mass is 532 g/mol. The van der Waals surface area contributed by atoms with Crippen LogP contribution in [0.3, 0.4) is 0 Å². The highest BCUT2D eigenvalue weighted by molar-refractivity contribution is 7.47. The van der Waals surface area contributed by atoms with Gasteiger partial charge in [-0.15, -0.1) is 0 Å².